The normalized spacial score (nSPS) is 13.2. The molecule has 1 aliphatic rings. The number of nitrogens with one attached hydrogen (secondary N) is 1. The van der Waals surface area contributed by atoms with Crippen molar-refractivity contribution in [2.45, 2.75) is 52.1 Å². The lowest BCUT2D eigenvalue weighted by Crippen LogP contribution is -2.45. The van der Waals surface area contributed by atoms with Gasteiger partial charge in [0.25, 0.3) is 0 Å². The maximum absolute atomic E-state index is 13.1. The second-order valence-electron chi connectivity index (χ2n) is 7.93. The van der Waals surface area contributed by atoms with E-state index in [1.54, 1.807) is 4.90 Å². The molecular formula is C23H32N4O2. The van der Waals surface area contributed by atoms with Crippen LogP contribution in [-0.2, 0) is 18.4 Å². The SMILES string of the molecule is CCCCN(CC(=O)N(Cc1cccn1C)C1CC1)C(=O)Nc1ccc(C)cc1. The van der Waals surface area contributed by atoms with Gasteiger partial charge in [0, 0.05) is 37.2 Å². The zero-order valence-electron chi connectivity index (χ0n) is 17.7. The Labute approximate surface area is 173 Å². The van der Waals surface area contributed by atoms with Crippen molar-refractivity contribution in [1.29, 1.82) is 0 Å². The van der Waals surface area contributed by atoms with Gasteiger partial charge in [-0.05, 0) is 50.5 Å². The van der Waals surface area contributed by atoms with Crippen molar-refractivity contribution in [3.8, 4) is 0 Å². The van der Waals surface area contributed by atoms with Crippen LogP contribution < -0.4 is 5.32 Å². The summed E-state index contributed by atoms with van der Waals surface area (Å²) in [4.78, 5) is 29.6. The maximum Gasteiger partial charge on any atom is 0.322 e. The van der Waals surface area contributed by atoms with E-state index >= 15 is 0 Å². The number of nitrogens with zero attached hydrogens (tertiary/aromatic N) is 3. The first kappa shape index (κ1) is 21.0. The number of rotatable bonds is 9. The lowest BCUT2D eigenvalue weighted by atomic mass is 10.2. The highest BCUT2D eigenvalue weighted by molar-refractivity contribution is 5.92. The molecule has 1 fully saturated rings. The Balaban J connectivity index is 1.67. The van der Waals surface area contributed by atoms with Crippen LogP contribution in [0.2, 0.25) is 0 Å². The van der Waals surface area contributed by atoms with Crippen molar-refractivity contribution in [2.75, 3.05) is 18.4 Å². The quantitative estimate of drug-likeness (QED) is 0.692. The molecule has 0 unspecified atom stereocenters. The predicted octanol–water partition coefficient (Wildman–Crippen LogP) is 4.16. The van der Waals surface area contributed by atoms with Gasteiger partial charge in [0.1, 0.15) is 6.54 Å². The van der Waals surface area contributed by atoms with Crippen molar-refractivity contribution in [3.63, 3.8) is 0 Å². The summed E-state index contributed by atoms with van der Waals surface area (Å²) in [5, 5.41) is 2.93. The molecule has 1 heterocycles. The Hall–Kier alpha value is -2.76. The molecule has 29 heavy (non-hydrogen) atoms. The van der Waals surface area contributed by atoms with E-state index in [2.05, 4.69) is 12.2 Å². The zero-order valence-corrected chi connectivity index (χ0v) is 17.7. The third-order valence-electron chi connectivity index (χ3n) is 5.39. The fourth-order valence-electron chi connectivity index (χ4n) is 3.34. The van der Waals surface area contributed by atoms with E-state index in [1.165, 1.54) is 0 Å². The molecule has 1 aromatic carbocycles. The van der Waals surface area contributed by atoms with E-state index in [9.17, 15) is 9.59 Å². The van der Waals surface area contributed by atoms with E-state index < -0.39 is 0 Å². The number of hydrogen-bond donors (Lipinski definition) is 1. The molecule has 1 N–H and O–H groups in total. The summed E-state index contributed by atoms with van der Waals surface area (Å²) in [5.74, 6) is 0.0175. The summed E-state index contributed by atoms with van der Waals surface area (Å²) in [7, 11) is 1.99. The Kier molecular flexibility index (Phi) is 6.96. The van der Waals surface area contributed by atoms with Crippen molar-refractivity contribution >= 4 is 17.6 Å². The molecular weight excluding hydrogens is 364 g/mol. The number of anilines is 1. The summed E-state index contributed by atoms with van der Waals surface area (Å²) >= 11 is 0. The molecule has 2 aromatic rings. The van der Waals surface area contributed by atoms with Gasteiger partial charge < -0.3 is 19.7 Å². The summed E-state index contributed by atoms with van der Waals surface area (Å²) in [6, 6.07) is 11.8. The Morgan fingerprint density at radius 2 is 1.90 bits per heavy atom. The van der Waals surface area contributed by atoms with Crippen LogP contribution in [-0.4, -0.2) is 45.4 Å². The van der Waals surface area contributed by atoms with Crippen LogP contribution in [0.5, 0.6) is 0 Å². The monoisotopic (exact) mass is 396 g/mol. The van der Waals surface area contributed by atoms with Gasteiger partial charge in [0.2, 0.25) is 5.91 Å². The summed E-state index contributed by atoms with van der Waals surface area (Å²) in [6.07, 6.45) is 5.92. The van der Waals surface area contributed by atoms with Gasteiger partial charge in [-0.15, -0.1) is 0 Å². The standard InChI is InChI=1S/C23H32N4O2/c1-4-5-15-26(23(29)24-19-10-8-18(2)9-11-19)17-22(28)27(20-12-13-20)16-21-7-6-14-25(21)3/h6-11,14,20H,4-5,12-13,15-17H2,1-3H3,(H,24,29). The number of urea groups is 1. The molecule has 1 aliphatic carbocycles. The zero-order chi connectivity index (χ0) is 20.8. The van der Waals surface area contributed by atoms with Crippen LogP contribution >= 0.6 is 0 Å². The van der Waals surface area contributed by atoms with Crippen LogP contribution in [0.25, 0.3) is 0 Å². The highest BCUT2D eigenvalue weighted by Gasteiger charge is 2.34. The third-order valence-corrected chi connectivity index (χ3v) is 5.39. The maximum atomic E-state index is 13.1. The molecule has 6 heteroatoms. The van der Waals surface area contributed by atoms with Crippen LogP contribution in [0, 0.1) is 6.92 Å². The molecule has 0 saturated heterocycles. The molecule has 0 atom stereocenters. The van der Waals surface area contributed by atoms with Crippen molar-refractivity contribution in [2.24, 2.45) is 7.05 Å². The van der Waals surface area contributed by atoms with Gasteiger partial charge >= 0.3 is 6.03 Å². The van der Waals surface area contributed by atoms with Crippen LogP contribution in [0.3, 0.4) is 0 Å². The highest BCUT2D eigenvalue weighted by Crippen LogP contribution is 2.28. The highest BCUT2D eigenvalue weighted by atomic mass is 16.2. The van der Waals surface area contributed by atoms with Gasteiger partial charge in [-0.3, -0.25) is 4.79 Å². The smallest absolute Gasteiger partial charge is 0.322 e. The van der Waals surface area contributed by atoms with Gasteiger partial charge in [0.05, 0.1) is 6.54 Å². The third kappa shape index (κ3) is 5.86. The fourth-order valence-corrected chi connectivity index (χ4v) is 3.34. The van der Waals surface area contributed by atoms with E-state index in [4.69, 9.17) is 0 Å². The Morgan fingerprint density at radius 1 is 1.17 bits per heavy atom. The van der Waals surface area contributed by atoms with Gasteiger partial charge in [0.15, 0.2) is 0 Å². The number of amides is 3. The van der Waals surface area contributed by atoms with E-state index in [1.807, 2.05) is 66.0 Å². The largest absolute Gasteiger partial charge is 0.353 e. The number of aromatic nitrogens is 1. The summed E-state index contributed by atoms with van der Waals surface area (Å²) < 4.78 is 2.04. The number of carbonyl (C=O) groups excluding carboxylic acids is 2. The average Bonchev–Trinajstić information content (AvgIpc) is 3.46. The molecule has 1 aromatic heterocycles. The predicted molar refractivity (Wildman–Crippen MR) is 116 cm³/mol. The molecule has 0 radical (unpaired) electrons. The number of carbonyl (C=O) groups is 2. The second kappa shape index (κ2) is 9.63. The van der Waals surface area contributed by atoms with Crippen LogP contribution in [0.1, 0.15) is 43.9 Å². The molecule has 0 spiro atoms. The Morgan fingerprint density at radius 3 is 2.48 bits per heavy atom. The Bertz CT molecular complexity index is 824. The van der Waals surface area contributed by atoms with Gasteiger partial charge in [-0.2, -0.15) is 0 Å². The van der Waals surface area contributed by atoms with Gasteiger partial charge in [-0.1, -0.05) is 31.0 Å². The number of unbranched alkanes of at least 4 members (excludes halogenated alkanes) is 1. The summed E-state index contributed by atoms with van der Waals surface area (Å²) in [5.41, 5.74) is 2.99. The fraction of sp³-hybridized carbons (Fsp3) is 0.478. The van der Waals surface area contributed by atoms with E-state index in [0.717, 1.165) is 42.6 Å². The topological polar surface area (TPSA) is 57.6 Å². The lowest BCUT2D eigenvalue weighted by Gasteiger charge is -2.28. The molecule has 3 amide bonds. The van der Waals surface area contributed by atoms with Crippen LogP contribution in [0.15, 0.2) is 42.6 Å². The van der Waals surface area contributed by atoms with Crippen molar-refractivity contribution in [1.82, 2.24) is 14.4 Å². The number of hydrogen-bond acceptors (Lipinski definition) is 2. The van der Waals surface area contributed by atoms with Crippen LogP contribution in [0.4, 0.5) is 10.5 Å². The molecule has 156 valence electrons. The molecule has 1 saturated carbocycles. The van der Waals surface area contributed by atoms with Crippen molar-refractivity contribution < 1.29 is 9.59 Å². The molecule has 6 nitrogen and oxygen atoms in total. The number of aryl methyl sites for hydroxylation is 2. The minimum Gasteiger partial charge on any atom is -0.353 e. The second-order valence-corrected chi connectivity index (χ2v) is 7.93. The molecule has 0 aliphatic heterocycles. The van der Waals surface area contributed by atoms with E-state index in [0.29, 0.717) is 19.1 Å². The lowest BCUT2D eigenvalue weighted by molar-refractivity contribution is -0.133. The van der Waals surface area contributed by atoms with E-state index in [-0.39, 0.29) is 18.5 Å². The average molecular weight is 397 g/mol. The summed E-state index contributed by atoms with van der Waals surface area (Å²) in [6.45, 7) is 5.37. The van der Waals surface area contributed by atoms with Gasteiger partial charge in [-0.25, -0.2) is 4.79 Å². The minimum atomic E-state index is -0.217. The minimum absolute atomic E-state index is 0.0175. The first-order chi connectivity index (χ1) is 14.0. The number of benzene rings is 1. The first-order valence-electron chi connectivity index (χ1n) is 10.5. The van der Waals surface area contributed by atoms with Crippen molar-refractivity contribution in [3.05, 3.63) is 53.9 Å². The molecule has 0 bridgehead atoms. The first-order valence-corrected chi connectivity index (χ1v) is 10.5. The molecule has 3 rings (SSSR count).